The average molecular weight is 487 g/mol. The highest BCUT2D eigenvalue weighted by atomic mass is 35.5. The number of aliphatic imine (C=N–C) groups is 1. The monoisotopic (exact) mass is 486 g/mol. The molecule has 0 spiro atoms. The van der Waals surface area contributed by atoms with Gasteiger partial charge in [0.15, 0.2) is 16.6 Å². The van der Waals surface area contributed by atoms with Gasteiger partial charge in [-0.05, 0) is 68.0 Å². The van der Waals surface area contributed by atoms with Gasteiger partial charge in [0, 0.05) is 17.1 Å². The third-order valence-electron chi connectivity index (χ3n) is 4.48. The van der Waals surface area contributed by atoms with Crippen molar-refractivity contribution in [2.75, 3.05) is 17.4 Å². The Kier molecular flexibility index (Phi) is 6.85. The van der Waals surface area contributed by atoms with Crippen molar-refractivity contribution >= 4 is 46.5 Å². The standard InChI is InChI=1S/C22H20ClFN6O2S/c1-12-7-13(2)27-21(26-12)29-20(25-10-14-3-6-18-19(8-14)32-11-31-18)30-22(33)28-15-4-5-17(24)16(23)9-15/h3-9H,10-11H2,1-2H3,(H3,25,26,27,28,29,30,33). The first-order valence-corrected chi connectivity index (χ1v) is 10.7. The zero-order chi connectivity index (χ0) is 23.4. The van der Waals surface area contributed by atoms with Gasteiger partial charge in [0.2, 0.25) is 18.7 Å². The highest BCUT2D eigenvalue weighted by molar-refractivity contribution is 7.80. The van der Waals surface area contributed by atoms with Crippen LogP contribution in [0.2, 0.25) is 5.02 Å². The Hall–Kier alpha value is -3.50. The molecule has 1 aliphatic rings. The first-order valence-electron chi connectivity index (χ1n) is 9.91. The number of nitrogens with one attached hydrogen (secondary N) is 3. The van der Waals surface area contributed by atoms with E-state index in [1.165, 1.54) is 18.2 Å². The van der Waals surface area contributed by atoms with Gasteiger partial charge >= 0.3 is 0 Å². The fraction of sp³-hybridized carbons (Fsp3) is 0.182. The Morgan fingerprint density at radius 2 is 1.82 bits per heavy atom. The molecule has 0 fully saturated rings. The van der Waals surface area contributed by atoms with Gasteiger partial charge in [0.1, 0.15) is 5.82 Å². The van der Waals surface area contributed by atoms with Crippen molar-refractivity contribution in [1.29, 1.82) is 0 Å². The number of nitrogens with zero attached hydrogens (tertiary/aromatic N) is 3. The van der Waals surface area contributed by atoms with Crippen molar-refractivity contribution in [3.8, 4) is 11.5 Å². The van der Waals surface area contributed by atoms with Crippen LogP contribution < -0.4 is 25.4 Å². The van der Waals surface area contributed by atoms with Crippen molar-refractivity contribution in [3.05, 3.63) is 70.3 Å². The second-order valence-corrected chi connectivity index (χ2v) is 7.98. The largest absolute Gasteiger partial charge is 0.454 e. The molecule has 3 N–H and O–H groups in total. The lowest BCUT2D eigenvalue weighted by molar-refractivity contribution is 0.174. The number of anilines is 2. The van der Waals surface area contributed by atoms with Gasteiger partial charge in [-0.2, -0.15) is 0 Å². The minimum atomic E-state index is -0.513. The molecule has 8 nitrogen and oxygen atoms in total. The van der Waals surface area contributed by atoms with Crippen LogP contribution in [0, 0.1) is 19.7 Å². The van der Waals surface area contributed by atoms with Gasteiger partial charge < -0.3 is 20.1 Å². The van der Waals surface area contributed by atoms with Crippen LogP contribution in [0.4, 0.5) is 16.0 Å². The summed E-state index contributed by atoms with van der Waals surface area (Å²) in [6, 6.07) is 11.7. The minimum absolute atomic E-state index is 0.0127. The molecule has 2 aromatic carbocycles. The van der Waals surface area contributed by atoms with Crippen LogP contribution in [-0.4, -0.2) is 27.8 Å². The Morgan fingerprint density at radius 3 is 2.58 bits per heavy atom. The fourth-order valence-electron chi connectivity index (χ4n) is 3.05. The number of benzene rings is 2. The van der Waals surface area contributed by atoms with E-state index in [2.05, 4.69) is 30.9 Å². The molecule has 4 rings (SSSR count). The quantitative estimate of drug-likeness (QED) is 0.280. The van der Waals surface area contributed by atoms with E-state index in [0.29, 0.717) is 35.6 Å². The summed E-state index contributed by atoms with van der Waals surface area (Å²) in [5.74, 6) is 1.56. The molecule has 3 aromatic rings. The summed E-state index contributed by atoms with van der Waals surface area (Å²) in [7, 11) is 0. The summed E-state index contributed by atoms with van der Waals surface area (Å²) in [6.07, 6.45) is 0. The lowest BCUT2D eigenvalue weighted by atomic mass is 10.2. The molecule has 1 aliphatic heterocycles. The maximum absolute atomic E-state index is 13.4. The molecule has 33 heavy (non-hydrogen) atoms. The number of ether oxygens (including phenoxy) is 2. The van der Waals surface area contributed by atoms with Gasteiger partial charge in [0.05, 0.1) is 11.6 Å². The maximum Gasteiger partial charge on any atom is 0.231 e. The topological polar surface area (TPSA) is 92.7 Å². The number of rotatable bonds is 4. The maximum atomic E-state index is 13.4. The van der Waals surface area contributed by atoms with Crippen molar-refractivity contribution in [3.63, 3.8) is 0 Å². The number of hydrogen-bond donors (Lipinski definition) is 3. The van der Waals surface area contributed by atoms with E-state index in [1.807, 2.05) is 38.1 Å². The van der Waals surface area contributed by atoms with Gasteiger partial charge in [-0.1, -0.05) is 17.7 Å². The molecule has 0 radical (unpaired) electrons. The third-order valence-corrected chi connectivity index (χ3v) is 4.97. The minimum Gasteiger partial charge on any atom is -0.454 e. The number of guanidine groups is 1. The summed E-state index contributed by atoms with van der Waals surface area (Å²) in [4.78, 5) is 13.4. The zero-order valence-corrected chi connectivity index (χ0v) is 19.4. The molecular formula is C22H20ClFN6O2S. The fourth-order valence-corrected chi connectivity index (χ4v) is 3.45. The Balaban J connectivity index is 1.52. The normalized spacial score (nSPS) is 12.4. The van der Waals surface area contributed by atoms with Crippen LogP contribution in [0.1, 0.15) is 17.0 Å². The number of aryl methyl sites for hydroxylation is 2. The summed E-state index contributed by atoms with van der Waals surface area (Å²) < 4.78 is 24.2. The molecule has 0 bridgehead atoms. The third kappa shape index (κ3) is 6.05. The average Bonchev–Trinajstić information content (AvgIpc) is 3.22. The predicted octanol–water partition coefficient (Wildman–Crippen LogP) is 4.57. The number of fused-ring (bicyclic) bond motifs is 1. The van der Waals surface area contributed by atoms with E-state index in [0.717, 1.165) is 17.0 Å². The molecule has 0 atom stereocenters. The van der Waals surface area contributed by atoms with Crippen molar-refractivity contribution in [2.45, 2.75) is 20.4 Å². The lowest BCUT2D eigenvalue weighted by Crippen LogP contribution is -2.39. The molecule has 0 aliphatic carbocycles. The van der Waals surface area contributed by atoms with Crippen LogP contribution in [0.5, 0.6) is 11.5 Å². The zero-order valence-electron chi connectivity index (χ0n) is 17.8. The first-order chi connectivity index (χ1) is 15.9. The van der Waals surface area contributed by atoms with E-state index < -0.39 is 5.82 Å². The Morgan fingerprint density at radius 1 is 1.06 bits per heavy atom. The van der Waals surface area contributed by atoms with Crippen molar-refractivity contribution in [2.24, 2.45) is 4.99 Å². The van der Waals surface area contributed by atoms with Crippen LogP contribution in [0.15, 0.2) is 47.5 Å². The van der Waals surface area contributed by atoms with Gasteiger partial charge in [-0.15, -0.1) is 0 Å². The highest BCUT2D eigenvalue weighted by Crippen LogP contribution is 2.32. The highest BCUT2D eigenvalue weighted by Gasteiger charge is 2.13. The molecule has 0 amide bonds. The van der Waals surface area contributed by atoms with E-state index in [-0.39, 0.29) is 16.9 Å². The molecule has 1 aromatic heterocycles. The predicted molar refractivity (Wildman–Crippen MR) is 130 cm³/mol. The van der Waals surface area contributed by atoms with Crippen LogP contribution in [-0.2, 0) is 6.54 Å². The van der Waals surface area contributed by atoms with Crippen LogP contribution in [0.25, 0.3) is 0 Å². The summed E-state index contributed by atoms with van der Waals surface area (Å²) in [5, 5.41) is 9.22. The van der Waals surface area contributed by atoms with Crippen molar-refractivity contribution < 1.29 is 13.9 Å². The molecule has 0 saturated heterocycles. The molecule has 11 heteroatoms. The van der Waals surface area contributed by atoms with Gasteiger partial charge in [-0.3, -0.25) is 5.32 Å². The molecule has 2 heterocycles. The molecular weight excluding hydrogens is 467 g/mol. The van der Waals surface area contributed by atoms with Crippen LogP contribution in [0.3, 0.4) is 0 Å². The van der Waals surface area contributed by atoms with E-state index in [1.54, 1.807) is 0 Å². The number of aromatic nitrogens is 2. The number of hydrogen-bond acceptors (Lipinski definition) is 6. The summed E-state index contributed by atoms with van der Waals surface area (Å²) in [6.45, 7) is 4.28. The summed E-state index contributed by atoms with van der Waals surface area (Å²) >= 11 is 11.2. The smallest absolute Gasteiger partial charge is 0.231 e. The van der Waals surface area contributed by atoms with Crippen molar-refractivity contribution in [1.82, 2.24) is 15.3 Å². The Bertz CT molecular complexity index is 1220. The molecule has 0 saturated carbocycles. The molecule has 170 valence electrons. The van der Waals surface area contributed by atoms with E-state index in [4.69, 9.17) is 33.3 Å². The van der Waals surface area contributed by atoms with Gasteiger partial charge in [0.25, 0.3) is 0 Å². The van der Waals surface area contributed by atoms with E-state index >= 15 is 0 Å². The summed E-state index contributed by atoms with van der Waals surface area (Å²) in [5.41, 5.74) is 3.05. The lowest BCUT2D eigenvalue weighted by Gasteiger charge is -2.14. The molecule has 0 unspecified atom stereocenters. The second-order valence-electron chi connectivity index (χ2n) is 7.16. The second kappa shape index (κ2) is 9.97. The Labute approximate surface area is 200 Å². The number of halogens is 2. The van der Waals surface area contributed by atoms with Gasteiger partial charge in [-0.25, -0.2) is 19.4 Å². The number of thiocarbonyl (C=S) groups is 1. The van der Waals surface area contributed by atoms with E-state index in [9.17, 15) is 4.39 Å². The first kappa shape index (κ1) is 22.7. The SMILES string of the molecule is Cc1cc(C)nc(NC(=NCc2ccc3c(c2)OCO3)NC(=S)Nc2ccc(F)c(Cl)c2)n1. The van der Waals surface area contributed by atoms with Crippen LogP contribution >= 0.6 is 23.8 Å².